The Balaban J connectivity index is 0.000000607. The molecule has 0 radical (unpaired) electrons. The van der Waals surface area contributed by atoms with Crippen LogP contribution in [0.1, 0.15) is 69.6 Å². The molecule has 1 aromatic heterocycles. The van der Waals surface area contributed by atoms with Gasteiger partial charge in [-0.05, 0) is 40.5 Å². The van der Waals surface area contributed by atoms with E-state index in [0.29, 0.717) is 38.2 Å². The smallest absolute Gasteiger partial charge is 0.410 e. The highest BCUT2D eigenvalue weighted by Gasteiger charge is 2.48. The predicted octanol–water partition coefficient (Wildman–Crippen LogP) is 3.17. The second-order valence-corrected chi connectivity index (χ2v) is 9.81. The molecule has 3 aliphatic rings. The van der Waals surface area contributed by atoms with Crippen LogP contribution < -0.4 is 0 Å². The minimum Gasteiger partial charge on any atom is -0.461 e. The highest BCUT2D eigenvalue weighted by Crippen LogP contribution is 2.34. The Hall–Kier alpha value is -2.95. The quantitative estimate of drug-likeness (QED) is 0.461. The van der Waals surface area contributed by atoms with E-state index in [0.717, 1.165) is 13.2 Å². The lowest BCUT2D eigenvalue weighted by Crippen LogP contribution is -2.49. The minimum absolute atomic E-state index is 0.121. The summed E-state index contributed by atoms with van der Waals surface area (Å²) < 4.78 is 20.9. The van der Waals surface area contributed by atoms with Gasteiger partial charge >= 0.3 is 18.2 Å². The molecule has 3 fully saturated rings. The number of piperidine rings is 1. The van der Waals surface area contributed by atoms with Crippen LogP contribution in [0.2, 0.25) is 0 Å². The SMILES string of the molecule is C1CCOC1.CCOC(=O)c1cnc(CN2CC3(CCN(C(=O)OC(C)(C)C)CC3)OC2=O)cn1. The van der Waals surface area contributed by atoms with Crippen molar-refractivity contribution in [1.82, 2.24) is 19.8 Å². The molecule has 3 saturated heterocycles. The zero-order valence-electron chi connectivity index (χ0n) is 21.1. The third kappa shape index (κ3) is 7.78. The maximum absolute atomic E-state index is 12.4. The molecule has 1 spiro atoms. The van der Waals surface area contributed by atoms with Gasteiger partial charge in [-0.15, -0.1) is 0 Å². The van der Waals surface area contributed by atoms with E-state index < -0.39 is 23.3 Å². The summed E-state index contributed by atoms with van der Waals surface area (Å²) >= 11 is 0. The topological polar surface area (TPSA) is 120 Å². The molecule has 0 aromatic carbocycles. The fourth-order valence-electron chi connectivity index (χ4n) is 3.95. The fraction of sp³-hybridized carbons (Fsp3) is 0.708. The van der Waals surface area contributed by atoms with Gasteiger partial charge in [-0.1, -0.05) is 0 Å². The second kappa shape index (κ2) is 11.7. The zero-order chi connectivity index (χ0) is 25.5. The van der Waals surface area contributed by atoms with E-state index in [4.69, 9.17) is 18.9 Å². The summed E-state index contributed by atoms with van der Waals surface area (Å²) in [6.07, 6.45) is 5.66. The Kier molecular flexibility index (Phi) is 8.87. The second-order valence-electron chi connectivity index (χ2n) is 9.81. The number of ether oxygens (including phenoxy) is 4. The van der Waals surface area contributed by atoms with Crippen molar-refractivity contribution >= 4 is 18.2 Å². The molecule has 0 atom stereocenters. The summed E-state index contributed by atoms with van der Waals surface area (Å²) in [5, 5.41) is 0. The van der Waals surface area contributed by atoms with Gasteiger partial charge in [0, 0.05) is 39.1 Å². The van der Waals surface area contributed by atoms with Crippen LogP contribution >= 0.6 is 0 Å². The number of amides is 2. The van der Waals surface area contributed by atoms with E-state index >= 15 is 0 Å². The molecule has 4 heterocycles. The first kappa shape index (κ1) is 26.7. The van der Waals surface area contributed by atoms with Crippen LogP contribution in [0.5, 0.6) is 0 Å². The van der Waals surface area contributed by atoms with Gasteiger partial charge in [-0.25, -0.2) is 19.4 Å². The van der Waals surface area contributed by atoms with Crippen molar-refractivity contribution < 1.29 is 33.3 Å². The molecular weight excluding hydrogens is 456 g/mol. The van der Waals surface area contributed by atoms with E-state index in [9.17, 15) is 14.4 Å². The molecule has 0 bridgehead atoms. The maximum atomic E-state index is 12.4. The molecule has 0 N–H and O–H groups in total. The van der Waals surface area contributed by atoms with Gasteiger partial charge in [0.1, 0.15) is 11.2 Å². The van der Waals surface area contributed by atoms with E-state index in [2.05, 4.69) is 9.97 Å². The molecule has 4 rings (SSSR count). The van der Waals surface area contributed by atoms with Crippen LogP contribution in [0.25, 0.3) is 0 Å². The molecule has 2 amide bonds. The molecule has 3 aliphatic heterocycles. The summed E-state index contributed by atoms with van der Waals surface area (Å²) in [6, 6.07) is 0. The molecule has 11 nitrogen and oxygen atoms in total. The lowest BCUT2D eigenvalue weighted by Gasteiger charge is -2.37. The van der Waals surface area contributed by atoms with Gasteiger partial charge in [-0.3, -0.25) is 9.88 Å². The van der Waals surface area contributed by atoms with E-state index in [1.54, 1.807) is 16.7 Å². The molecular formula is C24H36N4O7. The highest BCUT2D eigenvalue weighted by molar-refractivity contribution is 5.86. The Labute approximate surface area is 206 Å². The minimum atomic E-state index is -0.617. The van der Waals surface area contributed by atoms with Crippen LogP contribution in [0.4, 0.5) is 9.59 Å². The summed E-state index contributed by atoms with van der Waals surface area (Å²) in [7, 11) is 0. The molecule has 194 valence electrons. The molecule has 0 aliphatic carbocycles. The average molecular weight is 493 g/mol. The van der Waals surface area contributed by atoms with Crippen molar-refractivity contribution in [2.45, 2.75) is 71.1 Å². The van der Waals surface area contributed by atoms with Crippen LogP contribution in [-0.4, -0.2) is 88.6 Å². The Morgan fingerprint density at radius 1 is 1.11 bits per heavy atom. The van der Waals surface area contributed by atoms with Crippen molar-refractivity contribution in [3.63, 3.8) is 0 Å². The number of carbonyl (C=O) groups excluding carboxylic acids is 3. The Morgan fingerprint density at radius 3 is 2.31 bits per heavy atom. The summed E-state index contributed by atoms with van der Waals surface area (Å²) in [5.74, 6) is -0.534. The summed E-state index contributed by atoms with van der Waals surface area (Å²) in [4.78, 5) is 47.8. The first-order valence-corrected chi connectivity index (χ1v) is 12.1. The zero-order valence-corrected chi connectivity index (χ0v) is 21.1. The average Bonchev–Trinajstić information content (AvgIpc) is 3.47. The number of likely N-dealkylation sites (tertiary alicyclic amines) is 1. The predicted molar refractivity (Wildman–Crippen MR) is 125 cm³/mol. The Morgan fingerprint density at radius 2 is 1.80 bits per heavy atom. The first-order chi connectivity index (χ1) is 16.6. The number of hydrogen-bond acceptors (Lipinski definition) is 9. The fourth-order valence-corrected chi connectivity index (χ4v) is 3.95. The van der Waals surface area contributed by atoms with Crippen molar-refractivity contribution in [3.8, 4) is 0 Å². The van der Waals surface area contributed by atoms with Crippen molar-refractivity contribution in [3.05, 3.63) is 23.8 Å². The third-order valence-corrected chi connectivity index (χ3v) is 5.74. The van der Waals surface area contributed by atoms with Crippen molar-refractivity contribution in [2.24, 2.45) is 0 Å². The lowest BCUT2D eigenvalue weighted by atomic mass is 9.91. The monoisotopic (exact) mass is 492 g/mol. The molecule has 35 heavy (non-hydrogen) atoms. The third-order valence-electron chi connectivity index (χ3n) is 5.74. The highest BCUT2D eigenvalue weighted by atomic mass is 16.6. The number of hydrogen-bond donors (Lipinski definition) is 0. The van der Waals surface area contributed by atoms with E-state index in [-0.39, 0.29) is 24.9 Å². The number of carbonyl (C=O) groups is 3. The summed E-state index contributed by atoms with van der Waals surface area (Å²) in [5.41, 5.74) is -0.500. The largest absolute Gasteiger partial charge is 0.461 e. The van der Waals surface area contributed by atoms with Crippen LogP contribution in [0, 0.1) is 0 Å². The van der Waals surface area contributed by atoms with Gasteiger partial charge in [0.2, 0.25) is 0 Å². The number of aromatic nitrogens is 2. The summed E-state index contributed by atoms with van der Waals surface area (Å²) in [6.45, 7) is 11.0. The van der Waals surface area contributed by atoms with Crippen molar-refractivity contribution in [1.29, 1.82) is 0 Å². The van der Waals surface area contributed by atoms with Crippen LogP contribution in [0.15, 0.2) is 12.4 Å². The lowest BCUT2D eigenvalue weighted by molar-refractivity contribution is -0.0170. The number of esters is 1. The standard InChI is InChI=1S/C20H28N4O6.C4H8O/c1-5-28-16(25)15-11-21-14(10-22-15)12-24-13-20(30-18(24)27)6-8-23(9-7-20)17(26)29-19(2,3)4;1-2-4-5-3-1/h10-11H,5-9,12-13H2,1-4H3;1-4H2. The van der Waals surface area contributed by atoms with E-state index in [1.165, 1.54) is 25.2 Å². The van der Waals surface area contributed by atoms with E-state index in [1.807, 2.05) is 20.8 Å². The van der Waals surface area contributed by atoms with Gasteiger partial charge < -0.3 is 23.8 Å². The van der Waals surface area contributed by atoms with Crippen molar-refractivity contribution in [2.75, 3.05) is 39.5 Å². The molecule has 1 aromatic rings. The van der Waals surface area contributed by atoms with Gasteiger partial charge in [0.25, 0.3) is 0 Å². The van der Waals surface area contributed by atoms with Gasteiger partial charge in [0.15, 0.2) is 5.69 Å². The van der Waals surface area contributed by atoms with Gasteiger partial charge in [-0.2, -0.15) is 0 Å². The van der Waals surface area contributed by atoms with Crippen LogP contribution in [-0.2, 0) is 25.5 Å². The normalized spacial score (nSPS) is 19.1. The van der Waals surface area contributed by atoms with Crippen LogP contribution in [0.3, 0.4) is 0 Å². The maximum Gasteiger partial charge on any atom is 0.410 e. The molecule has 0 unspecified atom stereocenters. The van der Waals surface area contributed by atoms with Gasteiger partial charge in [0.05, 0.1) is 37.8 Å². The number of nitrogens with zero attached hydrogens (tertiary/aromatic N) is 4. The number of rotatable bonds is 4. The molecule has 11 heteroatoms. The Bertz CT molecular complexity index is 865. The molecule has 0 saturated carbocycles. The first-order valence-electron chi connectivity index (χ1n) is 12.1.